The quantitative estimate of drug-likeness (QED) is 0.251. The lowest BCUT2D eigenvalue weighted by Gasteiger charge is -2.30. The topological polar surface area (TPSA) is 102 Å². The second kappa shape index (κ2) is 12.6. The number of nitrogens with zero attached hydrogens (tertiary/aromatic N) is 2. The molecule has 212 valence electrons. The molecular formula is C31H36N2O7. The normalized spacial score (nSPS) is 18.1. The zero-order valence-corrected chi connectivity index (χ0v) is 23.1. The zero-order valence-electron chi connectivity index (χ0n) is 23.1. The fraction of sp³-hybridized carbons (Fsp3) is 0.419. The van der Waals surface area contributed by atoms with Gasteiger partial charge in [0.25, 0.3) is 5.91 Å². The number of aliphatic hydroxyl groups is 1. The van der Waals surface area contributed by atoms with Crippen LogP contribution in [0.3, 0.4) is 0 Å². The number of ketones is 1. The van der Waals surface area contributed by atoms with Gasteiger partial charge in [-0.05, 0) is 42.7 Å². The molecular weight excluding hydrogens is 512 g/mol. The Labute approximate surface area is 233 Å². The highest BCUT2D eigenvalue weighted by Gasteiger charge is 2.44. The molecule has 3 heterocycles. The number of furan rings is 1. The number of morpholine rings is 1. The predicted molar refractivity (Wildman–Crippen MR) is 150 cm³/mol. The number of amides is 1. The van der Waals surface area contributed by atoms with E-state index in [1.165, 1.54) is 0 Å². The minimum atomic E-state index is -0.809. The standard InChI is InChI=1S/C31H36N2O7/c1-3-4-16-39-24-11-10-22(20-25(24)37-2)28-27(29(34)26-19-21-8-5-6-9-23(21)40-26)30(35)31(36)33(28)13-7-12-32-14-17-38-18-15-32/h5-6,8-11,19-20,28,35H,3-4,7,12-18H2,1-2H3/t28-/m1/s1. The molecule has 2 aromatic carbocycles. The van der Waals surface area contributed by atoms with E-state index in [1.54, 1.807) is 36.3 Å². The second-order valence-electron chi connectivity index (χ2n) is 10.1. The van der Waals surface area contributed by atoms with Gasteiger partial charge in [0.05, 0.1) is 38.5 Å². The van der Waals surface area contributed by atoms with E-state index < -0.39 is 23.5 Å². The third-order valence-electron chi connectivity index (χ3n) is 7.43. The van der Waals surface area contributed by atoms with Crippen LogP contribution in [0.4, 0.5) is 0 Å². The summed E-state index contributed by atoms with van der Waals surface area (Å²) in [5.41, 5.74) is 1.20. The van der Waals surface area contributed by atoms with E-state index in [2.05, 4.69) is 11.8 Å². The number of rotatable bonds is 12. The van der Waals surface area contributed by atoms with Crippen LogP contribution in [0.1, 0.15) is 48.3 Å². The SMILES string of the molecule is CCCCOc1ccc([C@@H]2C(C(=O)c3cc4ccccc4o3)=C(O)C(=O)N2CCCN2CCOCC2)cc1OC. The summed E-state index contributed by atoms with van der Waals surface area (Å²) >= 11 is 0. The van der Waals surface area contributed by atoms with Gasteiger partial charge >= 0.3 is 0 Å². The van der Waals surface area contributed by atoms with Gasteiger partial charge in [-0.3, -0.25) is 14.5 Å². The highest BCUT2D eigenvalue weighted by Crippen LogP contribution is 2.42. The van der Waals surface area contributed by atoms with Gasteiger partial charge in [0.2, 0.25) is 5.78 Å². The Hall–Kier alpha value is -3.82. The molecule has 0 saturated carbocycles. The summed E-state index contributed by atoms with van der Waals surface area (Å²) in [6.07, 6.45) is 2.59. The van der Waals surface area contributed by atoms with E-state index in [0.717, 1.165) is 37.9 Å². The molecule has 0 unspecified atom stereocenters. The zero-order chi connectivity index (χ0) is 28.1. The Morgan fingerprint density at radius 1 is 1.05 bits per heavy atom. The van der Waals surface area contributed by atoms with Crippen LogP contribution in [0.5, 0.6) is 11.5 Å². The molecule has 1 N–H and O–H groups in total. The number of Topliss-reactive ketones (excluding diaryl/α,β-unsaturated/α-hetero) is 1. The molecule has 1 atom stereocenters. The number of hydrogen-bond donors (Lipinski definition) is 1. The second-order valence-corrected chi connectivity index (χ2v) is 10.1. The number of carbonyl (C=O) groups is 2. The highest BCUT2D eigenvalue weighted by atomic mass is 16.5. The van der Waals surface area contributed by atoms with Crippen LogP contribution < -0.4 is 9.47 Å². The van der Waals surface area contributed by atoms with Crippen LogP contribution in [0.2, 0.25) is 0 Å². The summed E-state index contributed by atoms with van der Waals surface area (Å²) in [6, 6.07) is 13.5. The van der Waals surface area contributed by atoms with Gasteiger partial charge in [-0.25, -0.2) is 0 Å². The highest BCUT2D eigenvalue weighted by molar-refractivity contribution is 6.16. The average molecular weight is 549 g/mol. The number of aliphatic hydroxyl groups excluding tert-OH is 1. The van der Waals surface area contributed by atoms with Gasteiger partial charge in [0.1, 0.15) is 5.58 Å². The largest absolute Gasteiger partial charge is 0.503 e. The summed E-state index contributed by atoms with van der Waals surface area (Å²) in [4.78, 5) is 31.1. The van der Waals surface area contributed by atoms with Crippen molar-refractivity contribution in [1.82, 2.24) is 9.80 Å². The van der Waals surface area contributed by atoms with Crippen molar-refractivity contribution in [2.75, 3.05) is 53.1 Å². The maximum Gasteiger partial charge on any atom is 0.290 e. The van der Waals surface area contributed by atoms with Crippen molar-refractivity contribution < 1.29 is 33.3 Å². The minimum Gasteiger partial charge on any atom is -0.503 e. The van der Waals surface area contributed by atoms with Crippen molar-refractivity contribution in [3.8, 4) is 11.5 Å². The monoisotopic (exact) mass is 548 g/mol. The maximum absolute atomic E-state index is 13.9. The Morgan fingerprint density at radius 2 is 1.85 bits per heavy atom. The lowest BCUT2D eigenvalue weighted by atomic mass is 9.94. The number of unbranched alkanes of at least 4 members (excludes halogenated alkanes) is 1. The van der Waals surface area contributed by atoms with E-state index in [1.807, 2.05) is 24.3 Å². The Bertz CT molecular complexity index is 1360. The van der Waals surface area contributed by atoms with Crippen molar-refractivity contribution in [3.63, 3.8) is 0 Å². The van der Waals surface area contributed by atoms with Crippen molar-refractivity contribution in [2.45, 2.75) is 32.2 Å². The van der Waals surface area contributed by atoms with Gasteiger partial charge in [-0.1, -0.05) is 37.6 Å². The van der Waals surface area contributed by atoms with Gasteiger partial charge in [-0.2, -0.15) is 0 Å². The average Bonchev–Trinajstić information content (AvgIpc) is 3.53. The van der Waals surface area contributed by atoms with E-state index in [9.17, 15) is 14.7 Å². The van der Waals surface area contributed by atoms with E-state index in [0.29, 0.717) is 55.4 Å². The first-order valence-electron chi connectivity index (χ1n) is 13.9. The molecule has 1 fully saturated rings. The van der Waals surface area contributed by atoms with E-state index in [4.69, 9.17) is 18.6 Å². The summed E-state index contributed by atoms with van der Waals surface area (Å²) < 4.78 is 22.8. The summed E-state index contributed by atoms with van der Waals surface area (Å²) in [7, 11) is 1.56. The van der Waals surface area contributed by atoms with Crippen LogP contribution in [-0.2, 0) is 9.53 Å². The molecule has 2 aliphatic heterocycles. The van der Waals surface area contributed by atoms with Crippen molar-refractivity contribution in [3.05, 3.63) is 71.2 Å². The first-order valence-corrected chi connectivity index (χ1v) is 13.9. The summed E-state index contributed by atoms with van der Waals surface area (Å²) in [5, 5.41) is 11.8. The summed E-state index contributed by atoms with van der Waals surface area (Å²) in [5.74, 6) is -0.498. The van der Waals surface area contributed by atoms with Crippen LogP contribution >= 0.6 is 0 Å². The number of fused-ring (bicyclic) bond motifs is 1. The fourth-order valence-electron chi connectivity index (χ4n) is 5.28. The first-order chi connectivity index (χ1) is 19.5. The Kier molecular flexibility index (Phi) is 8.72. The molecule has 0 radical (unpaired) electrons. The van der Waals surface area contributed by atoms with Crippen molar-refractivity contribution >= 4 is 22.7 Å². The Balaban J connectivity index is 1.47. The number of carbonyl (C=O) groups excluding carboxylic acids is 2. The van der Waals surface area contributed by atoms with Crippen molar-refractivity contribution in [1.29, 1.82) is 0 Å². The third-order valence-corrected chi connectivity index (χ3v) is 7.43. The molecule has 1 saturated heterocycles. The molecule has 0 aliphatic carbocycles. The van der Waals surface area contributed by atoms with Gasteiger partial charge in [0, 0.05) is 31.6 Å². The van der Waals surface area contributed by atoms with Gasteiger partial charge in [-0.15, -0.1) is 0 Å². The van der Waals surface area contributed by atoms with E-state index >= 15 is 0 Å². The van der Waals surface area contributed by atoms with Gasteiger partial charge < -0.3 is 28.6 Å². The number of methoxy groups -OCH3 is 1. The van der Waals surface area contributed by atoms with Gasteiger partial charge in [0.15, 0.2) is 23.0 Å². The molecule has 3 aromatic rings. The van der Waals surface area contributed by atoms with E-state index in [-0.39, 0.29) is 11.3 Å². The fourth-order valence-corrected chi connectivity index (χ4v) is 5.28. The molecule has 0 spiro atoms. The molecule has 2 aliphatic rings. The molecule has 0 bridgehead atoms. The minimum absolute atomic E-state index is 0.00265. The van der Waals surface area contributed by atoms with Crippen LogP contribution in [0.15, 0.2) is 64.3 Å². The number of para-hydroxylation sites is 1. The number of ether oxygens (including phenoxy) is 3. The molecule has 1 aromatic heterocycles. The Morgan fingerprint density at radius 3 is 2.60 bits per heavy atom. The number of hydrogen-bond acceptors (Lipinski definition) is 8. The molecule has 40 heavy (non-hydrogen) atoms. The maximum atomic E-state index is 13.9. The lowest BCUT2D eigenvalue weighted by molar-refractivity contribution is -0.129. The smallest absolute Gasteiger partial charge is 0.290 e. The summed E-state index contributed by atoms with van der Waals surface area (Å²) in [6.45, 7) is 6.85. The molecule has 9 nitrogen and oxygen atoms in total. The third kappa shape index (κ3) is 5.71. The van der Waals surface area contributed by atoms with Crippen LogP contribution in [0.25, 0.3) is 11.0 Å². The predicted octanol–water partition coefficient (Wildman–Crippen LogP) is 4.92. The van der Waals surface area contributed by atoms with Crippen molar-refractivity contribution in [2.24, 2.45) is 0 Å². The first kappa shape index (κ1) is 27.7. The molecule has 1 amide bonds. The number of benzene rings is 2. The molecule has 5 rings (SSSR count). The lowest BCUT2D eigenvalue weighted by Crippen LogP contribution is -2.39. The van der Waals surface area contributed by atoms with Crippen LogP contribution in [0, 0.1) is 0 Å². The van der Waals surface area contributed by atoms with Crippen LogP contribution in [-0.4, -0.2) is 79.7 Å². The molecule has 9 heteroatoms.